The summed E-state index contributed by atoms with van der Waals surface area (Å²) in [5.41, 5.74) is 0.647. The molecule has 0 radical (unpaired) electrons. The van der Waals surface area contributed by atoms with Crippen molar-refractivity contribution in [2.45, 2.75) is 32.0 Å². The van der Waals surface area contributed by atoms with E-state index in [1.165, 1.54) is 6.07 Å². The Hall–Kier alpha value is -0.440. The van der Waals surface area contributed by atoms with Crippen LogP contribution in [0.2, 0.25) is 0 Å². The van der Waals surface area contributed by atoms with Gasteiger partial charge < -0.3 is 0 Å². The van der Waals surface area contributed by atoms with E-state index in [1.54, 1.807) is 12.3 Å². The van der Waals surface area contributed by atoms with Crippen LogP contribution in [-0.4, -0.2) is 9.81 Å². The van der Waals surface area contributed by atoms with Gasteiger partial charge in [-0.05, 0) is 17.5 Å². The molecule has 3 heteroatoms. The molecule has 0 fully saturated rings. The summed E-state index contributed by atoms with van der Waals surface area (Å²) in [7, 11) is 0. The van der Waals surface area contributed by atoms with Gasteiger partial charge in [0.25, 0.3) is 0 Å². The van der Waals surface area contributed by atoms with Gasteiger partial charge >= 0.3 is 0 Å². The number of rotatable bonds is 2. The van der Waals surface area contributed by atoms with E-state index in [4.69, 9.17) is 0 Å². The number of nitrogens with zero attached hydrogens (tertiary/aromatic N) is 1. The van der Waals surface area contributed by atoms with E-state index < -0.39 is 0 Å². The van der Waals surface area contributed by atoms with E-state index in [1.807, 2.05) is 0 Å². The van der Waals surface area contributed by atoms with Crippen LogP contribution in [0.3, 0.4) is 0 Å². The summed E-state index contributed by atoms with van der Waals surface area (Å²) in [4.78, 5) is 4.26. The molecule has 0 spiro atoms. The van der Waals surface area contributed by atoms with Crippen LogP contribution in [0.1, 0.15) is 26.5 Å². The lowest BCUT2D eigenvalue weighted by atomic mass is 9.89. The van der Waals surface area contributed by atoms with Gasteiger partial charge in [0.2, 0.25) is 0 Å². The van der Waals surface area contributed by atoms with Crippen LogP contribution >= 0.6 is 15.9 Å². The first-order chi connectivity index (χ1) is 6.41. The van der Waals surface area contributed by atoms with E-state index in [0.717, 1.165) is 0 Å². The van der Waals surface area contributed by atoms with Crippen molar-refractivity contribution in [1.29, 1.82) is 0 Å². The average Bonchev–Trinajstić information content (AvgIpc) is 2.07. The van der Waals surface area contributed by atoms with Crippen LogP contribution in [0.15, 0.2) is 18.3 Å². The molecule has 0 aliphatic heterocycles. The number of halogens is 2. The summed E-state index contributed by atoms with van der Waals surface area (Å²) in [5.74, 6) is -0.221. The fraction of sp³-hybridized carbons (Fsp3) is 0.545. The zero-order valence-corrected chi connectivity index (χ0v) is 10.3. The summed E-state index contributed by atoms with van der Waals surface area (Å²) >= 11 is 3.56. The van der Waals surface area contributed by atoms with Gasteiger partial charge in [-0.2, -0.15) is 0 Å². The maximum atomic E-state index is 13.3. The molecule has 0 bridgehead atoms. The Kier molecular flexibility index (Phi) is 3.65. The quantitative estimate of drug-likeness (QED) is 0.741. The smallest absolute Gasteiger partial charge is 0.144 e. The molecule has 0 aliphatic carbocycles. The van der Waals surface area contributed by atoms with Crippen molar-refractivity contribution >= 4 is 15.9 Å². The highest BCUT2D eigenvalue weighted by Crippen LogP contribution is 2.28. The fourth-order valence-corrected chi connectivity index (χ4v) is 1.35. The molecule has 1 nitrogen and oxygen atoms in total. The Morgan fingerprint density at radius 2 is 2.14 bits per heavy atom. The average molecular weight is 260 g/mol. The van der Waals surface area contributed by atoms with Gasteiger partial charge in [-0.15, -0.1) is 0 Å². The van der Waals surface area contributed by atoms with Crippen molar-refractivity contribution in [3.63, 3.8) is 0 Å². The first-order valence-electron chi connectivity index (χ1n) is 4.64. The van der Waals surface area contributed by atoms with Gasteiger partial charge in [-0.25, -0.2) is 4.39 Å². The number of hydrogen-bond acceptors (Lipinski definition) is 1. The molecule has 0 N–H and O–H groups in total. The molecule has 78 valence electrons. The number of aromatic nitrogens is 1. The summed E-state index contributed by atoms with van der Waals surface area (Å²) in [5, 5.41) is 0. The van der Waals surface area contributed by atoms with E-state index >= 15 is 0 Å². The third-order valence-corrected chi connectivity index (χ3v) is 3.84. The minimum atomic E-state index is -0.221. The molecule has 14 heavy (non-hydrogen) atoms. The fourth-order valence-electron chi connectivity index (χ4n) is 1.04. The second-order valence-corrected chi connectivity index (χ2v) is 5.57. The zero-order chi connectivity index (χ0) is 10.8. The largest absolute Gasteiger partial charge is 0.258 e. The first-order valence-corrected chi connectivity index (χ1v) is 5.56. The van der Waals surface area contributed by atoms with Crippen molar-refractivity contribution in [3.05, 3.63) is 29.8 Å². The maximum absolute atomic E-state index is 13.3. The van der Waals surface area contributed by atoms with Gasteiger partial charge in [0.1, 0.15) is 5.82 Å². The van der Waals surface area contributed by atoms with E-state index in [-0.39, 0.29) is 16.1 Å². The van der Waals surface area contributed by atoms with Crippen molar-refractivity contribution in [2.24, 2.45) is 5.41 Å². The molecule has 1 aromatic rings. The lowest BCUT2D eigenvalue weighted by Crippen LogP contribution is -2.23. The topological polar surface area (TPSA) is 12.9 Å². The Morgan fingerprint density at radius 1 is 1.50 bits per heavy atom. The monoisotopic (exact) mass is 259 g/mol. The lowest BCUT2D eigenvalue weighted by Gasteiger charge is -2.25. The molecule has 0 saturated carbocycles. The van der Waals surface area contributed by atoms with Crippen molar-refractivity contribution in [3.8, 4) is 0 Å². The van der Waals surface area contributed by atoms with Gasteiger partial charge in [0.05, 0.1) is 5.69 Å². The van der Waals surface area contributed by atoms with Crippen LogP contribution in [0, 0.1) is 11.2 Å². The molecule has 0 aromatic carbocycles. The molecular formula is C11H15BrFN. The van der Waals surface area contributed by atoms with Gasteiger partial charge in [-0.1, -0.05) is 36.7 Å². The molecular weight excluding hydrogens is 245 g/mol. The first kappa shape index (κ1) is 11.6. The third kappa shape index (κ3) is 3.05. The highest BCUT2D eigenvalue weighted by atomic mass is 79.9. The number of alkyl halides is 1. The van der Waals surface area contributed by atoms with Gasteiger partial charge in [-0.3, -0.25) is 4.98 Å². The summed E-state index contributed by atoms with van der Waals surface area (Å²) in [6.07, 6.45) is 2.25. The Labute approximate surface area is 92.9 Å². The Bertz CT molecular complexity index is 306. The molecule has 1 rings (SSSR count). The van der Waals surface area contributed by atoms with Crippen LogP contribution in [-0.2, 0) is 6.42 Å². The van der Waals surface area contributed by atoms with Crippen LogP contribution in [0.5, 0.6) is 0 Å². The third-order valence-electron chi connectivity index (χ3n) is 2.15. The minimum Gasteiger partial charge on any atom is -0.258 e. The number of hydrogen-bond donors (Lipinski definition) is 0. The molecule has 1 aromatic heterocycles. The molecule has 1 atom stereocenters. The zero-order valence-electron chi connectivity index (χ0n) is 8.72. The van der Waals surface area contributed by atoms with Gasteiger partial charge in [0.15, 0.2) is 0 Å². The molecule has 0 aliphatic rings. The summed E-state index contributed by atoms with van der Waals surface area (Å²) < 4.78 is 13.3. The highest BCUT2D eigenvalue weighted by molar-refractivity contribution is 9.09. The lowest BCUT2D eigenvalue weighted by molar-refractivity contribution is 0.392. The van der Waals surface area contributed by atoms with Crippen LogP contribution < -0.4 is 0 Å². The van der Waals surface area contributed by atoms with Crippen molar-refractivity contribution in [1.82, 2.24) is 4.98 Å². The molecule has 0 saturated heterocycles. The Morgan fingerprint density at radius 3 is 2.64 bits per heavy atom. The number of pyridine rings is 1. The predicted molar refractivity (Wildman–Crippen MR) is 60.1 cm³/mol. The predicted octanol–water partition coefficient (Wildman–Crippen LogP) is 3.57. The van der Waals surface area contributed by atoms with Crippen LogP contribution in [0.25, 0.3) is 0 Å². The molecule has 1 unspecified atom stereocenters. The van der Waals surface area contributed by atoms with Gasteiger partial charge in [0, 0.05) is 17.4 Å². The van der Waals surface area contributed by atoms with Crippen LogP contribution in [0.4, 0.5) is 4.39 Å². The second kappa shape index (κ2) is 4.39. The Balaban J connectivity index is 2.75. The highest BCUT2D eigenvalue weighted by Gasteiger charge is 2.23. The van der Waals surface area contributed by atoms with Crippen molar-refractivity contribution in [2.75, 3.05) is 0 Å². The molecule has 1 heterocycles. The molecule has 0 amide bonds. The van der Waals surface area contributed by atoms with E-state index in [2.05, 4.69) is 41.7 Å². The van der Waals surface area contributed by atoms with E-state index in [9.17, 15) is 4.39 Å². The second-order valence-electron chi connectivity index (χ2n) is 4.47. The SMILES string of the molecule is CC(C)(C)C(Br)Cc1ncccc1F. The summed E-state index contributed by atoms with van der Waals surface area (Å²) in [6, 6.07) is 3.06. The minimum absolute atomic E-state index is 0.115. The normalized spacial score (nSPS) is 14.1. The maximum Gasteiger partial charge on any atom is 0.144 e. The van der Waals surface area contributed by atoms with E-state index in [0.29, 0.717) is 12.1 Å². The van der Waals surface area contributed by atoms with Crippen molar-refractivity contribution < 1.29 is 4.39 Å². The summed E-state index contributed by atoms with van der Waals surface area (Å²) in [6.45, 7) is 6.35. The standard InChI is InChI=1S/C11H15BrFN/c1-11(2,3)10(12)7-9-8(13)5-4-6-14-9/h4-6,10H,7H2,1-3H3.